The summed E-state index contributed by atoms with van der Waals surface area (Å²) in [5, 5.41) is 3.50. The molecular weight excluding hydrogens is 328 g/mol. The second-order valence-corrected chi connectivity index (χ2v) is 6.57. The molecule has 0 aliphatic carbocycles. The van der Waals surface area contributed by atoms with Crippen LogP contribution in [-0.4, -0.2) is 4.98 Å². The lowest BCUT2D eigenvalue weighted by atomic mass is 10.1. The molecule has 23 heavy (non-hydrogen) atoms. The maximum Gasteiger partial charge on any atom is 0.121 e. The molecule has 2 N–H and O–H groups in total. The highest BCUT2D eigenvalue weighted by Gasteiger charge is 2.11. The molecule has 0 saturated carbocycles. The van der Waals surface area contributed by atoms with Gasteiger partial charge in [-0.3, -0.25) is 0 Å². The van der Waals surface area contributed by atoms with Crippen molar-refractivity contribution in [2.24, 2.45) is 5.73 Å². The van der Waals surface area contributed by atoms with Crippen LogP contribution in [-0.2, 0) is 6.61 Å². The van der Waals surface area contributed by atoms with Gasteiger partial charge in [0.15, 0.2) is 0 Å². The van der Waals surface area contributed by atoms with Crippen molar-refractivity contribution in [2.75, 3.05) is 0 Å². The number of thiazole rings is 1. The van der Waals surface area contributed by atoms with Gasteiger partial charge in [0.2, 0.25) is 0 Å². The van der Waals surface area contributed by atoms with Gasteiger partial charge < -0.3 is 10.5 Å². The Morgan fingerprint density at radius 3 is 2.65 bits per heavy atom. The lowest BCUT2D eigenvalue weighted by Gasteiger charge is -2.08. The molecule has 1 atom stereocenters. The van der Waals surface area contributed by atoms with Crippen LogP contribution in [0.4, 0.5) is 0 Å². The fraction of sp³-hybridized carbons (Fsp3) is 0.167. The van der Waals surface area contributed by atoms with E-state index < -0.39 is 0 Å². The van der Waals surface area contributed by atoms with Crippen LogP contribution in [0.5, 0.6) is 5.75 Å². The first-order chi connectivity index (χ1) is 11.1. The highest BCUT2D eigenvalue weighted by atomic mass is 35.5. The number of ether oxygens (including phenoxy) is 1. The van der Waals surface area contributed by atoms with Crippen LogP contribution < -0.4 is 10.5 Å². The summed E-state index contributed by atoms with van der Waals surface area (Å²) in [5.74, 6) is 0.741. The average Bonchev–Trinajstić information content (AvgIpc) is 3.04. The van der Waals surface area contributed by atoms with Gasteiger partial charge in [0.25, 0.3) is 0 Å². The predicted molar refractivity (Wildman–Crippen MR) is 95.9 cm³/mol. The van der Waals surface area contributed by atoms with Gasteiger partial charge in [-0.2, -0.15) is 0 Å². The predicted octanol–water partition coefficient (Wildman–Crippen LogP) is 5.06. The number of nitrogens with two attached hydrogens (primary N) is 1. The molecule has 5 heteroatoms. The van der Waals surface area contributed by atoms with Crippen molar-refractivity contribution in [1.29, 1.82) is 0 Å². The molecule has 2 aromatic carbocycles. The van der Waals surface area contributed by atoms with Crippen molar-refractivity contribution < 1.29 is 4.74 Å². The Balaban J connectivity index is 1.75. The number of nitrogens with zero attached hydrogens (tertiary/aromatic N) is 1. The fourth-order valence-electron chi connectivity index (χ4n) is 2.15. The minimum absolute atomic E-state index is 0.0685. The van der Waals surface area contributed by atoms with Crippen molar-refractivity contribution in [3.05, 3.63) is 69.5 Å². The highest BCUT2D eigenvalue weighted by molar-refractivity contribution is 7.10. The van der Waals surface area contributed by atoms with Crippen molar-refractivity contribution >= 4 is 22.9 Å². The van der Waals surface area contributed by atoms with Gasteiger partial charge in [0, 0.05) is 10.9 Å². The molecule has 1 aromatic heterocycles. The van der Waals surface area contributed by atoms with Gasteiger partial charge in [0.1, 0.15) is 17.4 Å². The number of rotatable bonds is 5. The van der Waals surface area contributed by atoms with Gasteiger partial charge in [-0.05, 0) is 30.7 Å². The Bertz CT molecular complexity index is 787. The number of aromatic nitrogens is 1. The van der Waals surface area contributed by atoms with E-state index in [1.807, 2.05) is 60.8 Å². The van der Waals surface area contributed by atoms with Crippen LogP contribution in [0.2, 0.25) is 5.02 Å². The Kier molecular flexibility index (Phi) is 4.96. The largest absolute Gasteiger partial charge is 0.489 e. The van der Waals surface area contributed by atoms with Crippen LogP contribution in [0.1, 0.15) is 23.5 Å². The Morgan fingerprint density at radius 2 is 2.00 bits per heavy atom. The quantitative estimate of drug-likeness (QED) is 0.703. The zero-order chi connectivity index (χ0) is 16.2. The average molecular weight is 345 g/mol. The topological polar surface area (TPSA) is 48.1 Å². The molecule has 0 amide bonds. The van der Waals surface area contributed by atoms with E-state index in [0.717, 1.165) is 27.6 Å². The van der Waals surface area contributed by atoms with Gasteiger partial charge >= 0.3 is 0 Å². The molecule has 1 unspecified atom stereocenters. The molecule has 0 spiro atoms. The first-order valence-electron chi connectivity index (χ1n) is 7.31. The van der Waals surface area contributed by atoms with Gasteiger partial charge in [-0.1, -0.05) is 41.9 Å². The lowest BCUT2D eigenvalue weighted by Crippen LogP contribution is -2.03. The molecule has 0 saturated heterocycles. The smallest absolute Gasteiger partial charge is 0.121 e. The van der Waals surface area contributed by atoms with Gasteiger partial charge in [-0.25, -0.2) is 4.98 Å². The molecule has 0 aliphatic heterocycles. The maximum absolute atomic E-state index is 6.39. The molecular formula is C18H17ClN2OS. The van der Waals surface area contributed by atoms with Crippen LogP contribution in [0.3, 0.4) is 0 Å². The lowest BCUT2D eigenvalue weighted by molar-refractivity contribution is 0.306. The summed E-state index contributed by atoms with van der Waals surface area (Å²) in [5.41, 5.74) is 8.72. The number of hydrogen-bond donors (Lipinski definition) is 1. The van der Waals surface area contributed by atoms with Crippen LogP contribution >= 0.6 is 22.9 Å². The first kappa shape index (κ1) is 16.0. The molecule has 118 valence electrons. The summed E-state index contributed by atoms with van der Waals surface area (Å²) >= 11 is 7.93. The van der Waals surface area contributed by atoms with Crippen molar-refractivity contribution in [3.8, 4) is 17.0 Å². The maximum atomic E-state index is 6.39. The summed E-state index contributed by atoms with van der Waals surface area (Å²) in [6.45, 7) is 2.44. The zero-order valence-electron chi connectivity index (χ0n) is 12.7. The second kappa shape index (κ2) is 7.13. The molecule has 0 fully saturated rings. The molecule has 0 bridgehead atoms. The number of halogens is 1. The van der Waals surface area contributed by atoms with Gasteiger partial charge in [0.05, 0.1) is 16.8 Å². The first-order valence-corrected chi connectivity index (χ1v) is 8.57. The standard InChI is InChI=1S/C18H17ClN2OS/c1-12(20)18-21-17(11-23-18)15-8-7-14(9-16(15)19)22-10-13-5-3-2-4-6-13/h2-9,11-12H,10,20H2,1H3. The molecule has 3 nitrogen and oxygen atoms in total. The molecule has 1 heterocycles. The van der Waals surface area contributed by atoms with Crippen LogP contribution in [0.15, 0.2) is 53.9 Å². The van der Waals surface area contributed by atoms with E-state index in [-0.39, 0.29) is 6.04 Å². The zero-order valence-corrected chi connectivity index (χ0v) is 14.3. The van der Waals surface area contributed by atoms with Crippen molar-refractivity contribution in [3.63, 3.8) is 0 Å². The third kappa shape index (κ3) is 3.91. The minimum atomic E-state index is -0.0685. The summed E-state index contributed by atoms with van der Waals surface area (Å²) in [7, 11) is 0. The van der Waals surface area contributed by atoms with E-state index in [1.165, 1.54) is 0 Å². The van der Waals surface area contributed by atoms with Crippen LogP contribution in [0.25, 0.3) is 11.3 Å². The van der Waals surface area contributed by atoms with E-state index in [1.54, 1.807) is 11.3 Å². The third-order valence-corrected chi connectivity index (χ3v) is 4.73. The van der Waals surface area contributed by atoms with E-state index >= 15 is 0 Å². The second-order valence-electron chi connectivity index (χ2n) is 5.28. The van der Waals surface area contributed by atoms with Gasteiger partial charge in [-0.15, -0.1) is 11.3 Å². The summed E-state index contributed by atoms with van der Waals surface area (Å²) in [6, 6.07) is 15.6. The Morgan fingerprint density at radius 1 is 1.22 bits per heavy atom. The highest BCUT2D eigenvalue weighted by Crippen LogP contribution is 2.33. The van der Waals surface area contributed by atoms with E-state index in [4.69, 9.17) is 22.1 Å². The Labute approximate surface area is 144 Å². The van der Waals surface area contributed by atoms with E-state index in [2.05, 4.69) is 4.98 Å². The summed E-state index contributed by atoms with van der Waals surface area (Å²) < 4.78 is 5.78. The Hall–Kier alpha value is -1.88. The molecule has 3 aromatic rings. The summed E-state index contributed by atoms with van der Waals surface area (Å²) in [6.07, 6.45) is 0. The van der Waals surface area contributed by atoms with Crippen molar-refractivity contribution in [2.45, 2.75) is 19.6 Å². The molecule has 0 aliphatic rings. The van der Waals surface area contributed by atoms with E-state index in [9.17, 15) is 0 Å². The SMILES string of the molecule is CC(N)c1nc(-c2ccc(OCc3ccccc3)cc2Cl)cs1. The van der Waals surface area contributed by atoms with Crippen LogP contribution in [0, 0.1) is 0 Å². The molecule has 0 radical (unpaired) electrons. The number of benzene rings is 2. The van der Waals surface area contributed by atoms with Crippen molar-refractivity contribution in [1.82, 2.24) is 4.98 Å². The third-order valence-electron chi connectivity index (χ3n) is 3.38. The monoisotopic (exact) mass is 344 g/mol. The van der Waals surface area contributed by atoms with E-state index in [0.29, 0.717) is 11.6 Å². The summed E-state index contributed by atoms with van der Waals surface area (Å²) in [4.78, 5) is 4.53. The normalized spacial score (nSPS) is 12.1. The minimum Gasteiger partial charge on any atom is -0.489 e. The molecule has 3 rings (SSSR count). The fourth-order valence-corrected chi connectivity index (χ4v) is 3.20. The number of hydrogen-bond acceptors (Lipinski definition) is 4.